The third-order valence-electron chi connectivity index (χ3n) is 4.09. The Kier molecular flexibility index (Phi) is 8.70. The van der Waals surface area contributed by atoms with E-state index >= 15 is 0 Å². The number of hydrogen-bond acceptors (Lipinski definition) is 4. The molecule has 2 rings (SSSR count). The Balaban J connectivity index is 1.58. The number of ether oxygens (including phenoxy) is 2. The van der Waals surface area contributed by atoms with E-state index < -0.39 is 0 Å². The number of fused-ring (bicyclic) bond motifs is 1. The lowest BCUT2D eigenvalue weighted by Gasteiger charge is -2.17. The number of hydrogen-bond donors (Lipinski definition) is 4. The Morgan fingerprint density at radius 2 is 1.81 bits per heavy atom. The molecule has 26 heavy (non-hydrogen) atoms. The van der Waals surface area contributed by atoms with Crippen LogP contribution in [0.5, 0.6) is 11.5 Å². The van der Waals surface area contributed by atoms with E-state index in [-0.39, 0.29) is 6.79 Å². The largest absolute Gasteiger partial charge is 0.454 e. The smallest absolute Gasteiger partial charge is 0.231 e. The number of unbranched alkanes of at least 4 members (excludes halogenated alkanes) is 2. The molecule has 0 amide bonds. The molecule has 0 aliphatic carbocycles. The zero-order valence-electron chi connectivity index (χ0n) is 15.4. The molecule has 0 bridgehead atoms. The van der Waals surface area contributed by atoms with Crippen LogP contribution in [-0.2, 0) is 6.54 Å². The summed E-state index contributed by atoms with van der Waals surface area (Å²) in [4.78, 5) is 0. The average molecular weight is 397 g/mol. The van der Waals surface area contributed by atoms with Crippen molar-refractivity contribution >= 4 is 34.7 Å². The molecule has 4 N–H and O–H groups in total. The van der Waals surface area contributed by atoms with Crippen LogP contribution in [0.3, 0.4) is 0 Å². The molecule has 1 atom stereocenters. The topological polar surface area (TPSA) is 66.6 Å². The van der Waals surface area contributed by atoms with E-state index in [2.05, 4.69) is 35.3 Å². The van der Waals surface area contributed by atoms with Gasteiger partial charge in [-0.3, -0.25) is 10.9 Å². The monoisotopic (exact) mass is 396 g/mol. The molecule has 1 heterocycles. The number of benzene rings is 1. The van der Waals surface area contributed by atoms with E-state index in [0.29, 0.717) is 22.7 Å². The molecule has 0 unspecified atom stereocenters. The maximum Gasteiger partial charge on any atom is 0.231 e. The van der Waals surface area contributed by atoms with Crippen molar-refractivity contribution in [2.24, 2.45) is 5.92 Å². The van der Waals surface area contributed by atoms with E-state index in [0.717, 1.165) is 23.6 Å². The van der Waals surface area contributed by atoms with Crippen LogP contribution in [0.25, 0.3) is 0 Å². The zero-order valence-corrected chi connectivity index (χ0v) is 17.0. The predicted molar refractivity (Wildman–Crippen MR) is 112 cm³/mol. The molecule has 0 saturated carbocycles. The minimum Gasteiger partial charge on any atom is -0.454 e. The van der Waals surface area contributed by atoms with Crippen molar-refractivity contribution in [3.8, 4) is 11.5 Å². The first-order valence-corrected chi connectivity index (χ1v) is 9.86. The van der Waals surface area contributed by atoms with Crippen LogP contribution in [0.1, 0.15) is 45.1 Å². The van der Waals surface area contributed by atoms with Gasteiger partial charge in [-0.15, -0.1) is 0 Å². The van der Waals surface area contributed by atoms with Gasteiger partial charge < -0.3 is 20.1 Å². The standard InChI is InChI=1S/C18H28N4O2S2/c1-3-4-5-6-13(2)10-19-17(25)21-22-18(26)20-11-14-7-8-15-16(9-14)24-12-23-15/h7-9,13H,3-6,10-12H2,1-2H3,(H2,19,21,25)(H2,20,22,26)/t13-/m0/s1. The Labute approximate surface area is 166 Å². The Bertz CT molecular complexity index is 613. The van der Waals surface area contributed by atoms with Gasteiger partial charge in [0.25, 0.3) is 0 Å². The summed E-state index contributed by atoms with van der Waals surface area (Å²) >= 11 is 10.5. The first-order valence-electron chi connectivity index (χ1n) is 9.04. The van der Waals surface area contributed by atoms with Gasteiger partial charge in [0.1, 0.15) is 0 Å². The number of rotatable bonds is 8. The van der Waals surface area contributed by atoms with Crippen LogP contribution in [0.4, 0.5) is 0 Å². The molecular weight excluding hydrogens is 368 g/mol. The number of nitrogens with one attached hydrogen (secondary N) is 4. The first-order chi connectivity index (χ1) is 12.6. The Morgan fingerprint density at radius 1 is 1.08 bits per heavy atom. The lowest BCUT2D eigenvalue weighted by atomic mass is 10.0. The molecule has 0 fully saturated rings. The van der Waals surface area contributed by atoms with E-state index in [1.165, 1.54) is 25.7 Å². The van der Waals surface area contributed by atoms with Gasteiger partial charge in [0.2, 0.25) is 6.79 Å². The summed E-state index contributed by atoms with van der Waals surface area (Å²) in [6, 6.07) is 5.81. The van der Waals surface area contributed by atoms with Crippen molar-refractivity contribution in [3.63, 3.8) is 0 Å². The maximum atomic E-state index is 5.37. The van der Waals surface area contributed by atoms with Crippen LogP contribution in [0.2, 0.25) is 0 Å². The minimum atomic E-state index is 0.276. The summed E-state index contributed by atoms with van der Waals surface area (Å²) in [5.41, 5.74) is 6.85. The normalized spacial score (nSPS) is 13.0. The second kappa shape index (κ2) is 11.0. The number of hydrazine groups is 1. The van der Waals surface area contributed by atoms with E-state index in [9.17, 15) is 0 Å². The SMILES string of the molecule is CCCCC[C@H](C)CNC(=S)NNC(=S)NCc1ccc2c(c1)OCO2. The lowest BCUT2D eigenvalue weighted by Crippen LogP contribution is -2.50. The number of thiocarbonyl (C=S) groups is 2. The van der Waals surface area contributed by atoms with E-state index in [1.54, 1.807) is 0 Å². The molecule has 0 aromatic heterocycles. The van der Waals surface area contributed by atoms with Crippen molar-refractivity contribution < 1.29 is 9.47 Å². The minimum absolute atomic E-state index is 0.276. The molecule has 0 spiro atoms. The summed E-state index contributed by atoms with van der Waals surface area (Å²) in [6.07, 6.45) is 5.02. The summed E-state index contributed by atoms with van der Waals surface area (Å²) < 4.78 is 10.7. The van der Waals surface area contributed by atoms with Gasteiger partial charge >= 0.3 is 0 Å². The molecular formula is C18H28N4O2S2. The zero-order chi connectivity index (χ0) is 18.8. The Morgan fingerprint density at radius 3 is 2.58 bits per heavy atom. The quantitative estimate of drug-likeness (QED) is 0.304. The molecule has 1 aromatic carbocycles. The fourth-order valence-electron chi connectivity index (χ4n) is 2.55. The van der Waals surface area contributed by atoms with E-state index in [1.807, 2.05) is 18.2 Å². The molecule has 1 aliphatic rings. The fraction of sp³-hybridized carbons (Fsp3) is 0.556. The second-order valence-corrected chi connectivity index (χ2v) is 7.25. The van der Waals surface area contributed by atoms with Gasteiger partial charge in [0, 0.05) is 13.1 Å². The molecule has 8 heteroatoms. The molecule has 1 aromatic rings. The van der Waals surface area contributed by atoms with Crippen molar-refractivity contribution in [2.45, 2.75) is 46.1 Å². The van der Waals surface area contributed by atoms with Crippen molar-refractivity contribution in [2.75, 3.05) is 13.3 Å². The highest BCUT2D eigenvalue weighted by atomic mass is 32.1. The maximum absolute atomic E-state index is 5.37. The van der Waals surface area contributed by atoms with Gasteiger partial charge in [-0.25, -0.2) is 0 Å². The molecule has 0 radical (unpaired) electrons. The molecule has 6 nitrogen and oxygen atoms in total. The first kappa shape index (κ1) is 20.5. The molecule has 1 aliphatic heterocycles. The van der Waals surface area contributed by atoms with Gasteiger partial charge in [-0.05, 0) is 54.5 Å². The molecule has 144 valence electrons. The fourth-order valence-corrected chi connectivity index (χ4v) is 2.80. The van der Waals surface area contributed by atoms with Crippen molar-refractivity contribution in [3.05, 3.63) is 23.8 Å². The summed E-state index contributed by atoms with van der Waals surface area (Å²) in [7, 11) is 0. The van der Waals surface area contributed by atoms with Crippen molar-refractivity contribution in [1.29, 1.82) is 0 Å². The second-order valence-electron chi connectivity index (χ2n) is 6.43. The highest BCUT2D eigenvalue weighted by molar-refractivity contribution is 7.80. The van der Waals surface area contributed by atoms with Gasteiger partial charge in [-0.1, -0.05) is 39.2 Å². The summed E-state index contributed by atoms with van der Waals surface area (Å²) in [5.74, 6) is 2.13. The van der Waals surface area contributed by atoms with E-state index in [4.69, 9.17) is 33.9 Å². The van der Waals surface area contributed by atoms with Crippen LogP contribution in [-0.4, -0.2) is 23.6 Å². The lowest BCUT2D eigenvalue weighted by molar-refractivity contribution is 0.174. The van der Waals surface area contributed by atoms with Gasteiger partial charge in [0.15, 0.2) is 21.7 Å². The van der Waals surface area contributed by atoms with Gasteiger partial charge in [-0.2, -0.15) is 0 Å². The average Bonchev–Trinajstić information content (AvgIpc) is 3.11. The highest BCUT2D eigenvalue weighted by Gasteiger charge is 2.13. The highest BCUT2D eigenvalue weighted by Crippen LogP contribution is 2.32. The Hall–Kier alpha value is -1.80. The third-order valence-corrected chi connectivity index (χ3v) is 4.58. The van der Waals surface area contributed by atoms with Gasteiger partial charge in [0.05, 0.1) is 0 Å². The summed E-state index contributed by atoms with van der Waals surface area (Å²) in [6.45, 7) is 6.17. The van der Waals surface area contributed by atoms with Crippen LogP contribution < -0.4 is 31.0 Å². The summed E-state index contributed by atoms with van der Waals surface area (Å²) in [5, 5.41) is 7.34. The predicted octanol–water partition coefficient (Wildman–Crippen LogP) is 2.97. The molecule has 0 saturated heterocycles. The van der Waals surface area contributed by atoms with Crippen LogP contribution >= 0.6 is 24.4 Å². The van der Waals surface area contributed by atoms with Crippen molar-refractivity contribution in [1.82, 2.24) is 21.5 Å². The van der Waals surface area contributed by atoms with Crippen LogP contribution in [0.15, 0.2) is 18.2 Å². The van der Waals surface area contributed by atoms with Crippen LogP contribution in [0, 0.1) is 5.92 Å². The third kappa shape index (κ3) is 7.21.